The van der Waals surface area contributed by atoms with Gasteiger partial charge in [-0.3, -0.25) is 0 Å². The number of hydrogen-bond donors (Lipinski definition) is 2. The average Bonchev–Trinajstić information content (AvgIpc) is 2.84. The highest BCUT2D eigenvalue weighted by atomic mass is 32.1. The molecule has 0 spiro atoms. The van der Waals surface area contributed by atoms with Crippen molar-refractivity contribution in [2.24, 2.45) is 0 Å². The summed E-state index contributed by atoms with van der Waals surface area (Å²) in [6, 6.07) is 10.2. The van der Waals surface area contributed by atoms with Crippen molar-refractivity contribution in [1.29, 1.82) is 0 Å². The third-order valence-electron chi connectivity index (χ3n) is 2.83. The number of phenolic OH excluding ortho intramolecular Hbond substituents is 1. The van der Waals surface area contributed by atoms with Crippen molar-refractivity contribution in [2.75, 3.05) is 5.32 Å². The largest absolute Gasteiger partial charge is 0.508 e. The van der Waals surface area contributed by atoms with Crippen molar-refractivity contribution in [2.45, 2.75) is 26.3 Å². The van der Waals surface area contributed by atoms with Crippen LogP contribution in [0.1, 0.15) is 29.8 Å². The molecule has 2 aromatic rings. The van der Waals surface area contributed by atoms with Crippen LogP contribution in [-0.2, 0) is 0 Å². The Labute approximate surface area is 106 Å². The molecule has 2 rings (SSSR count). The van der Waals surface area contributed by atoms with Gasteiger partial charge in [0.15, 0.2) is 0 Å². The second kappa shape index (κ2) is 5.23. The second-order valence-electron chi connectivity index (χ2n) is 4.12. The third kappa shape index (κ3) is 2.80. The SMILES string of the molecule is CCC(Nc1ccc(O)c(C)c1)c1cccs1. The van der Waals surface area contributed by atoms with E-state index in [1.54, 1.807) is 17.4 Å². The van der Waals surface area contributed by atoms with Crippen molar-refractivity contribution in [3.8, 4) is 5.75 Å². The summed E-state index contributed by atoms with van der Waals surface area (Å²) in [6.45, 7) is 4.08. The molecule has 17 heavy (non-hydrogen) atoms. The first-order valence-electron chi connectivity index (χ1n) is 5.80. The van der Waals surface area contributed by atoms with Gasteiger partial charge >= 0.3 is 0 Å². The summed E-state index contributed by atoms with van der Waals surface area (Å²) in [6.07, 6.45) is 1.04. The van der Waals surface area contributed by atoms with E-state index in [1.165, 1.54) is 4.88 Å². The Kier molecular flexibility index (Phi) is 3.69. The number of rotatable bonds is 4. The quantitative estimate of drug-likeness (QED) is 0.788. The van der Waals surface area contributed by atoms with E-state index in [2.05, 4.69) is 29.8 Å². The number of nitrogens with one attached hydrogen (secondary N) is 1. The molecule has 0 fully saturated rings. The van der Waals surface area contributed by atoms with Gasteiger partial charge in [-0.15, -0.1) is 11.3 Å². The molecule has 0 radical (unpaired) electrons. The van der Waals surface area contributed by atoms with Crippen molar-refractivity contribution in [1.82, 2.24) is 0 Å². The van der Waals surface area contributed by atoms with Gasteiger partial charge in [0, 0.05) is 10.6 Å². The maximum atomic E-state index is 9.49. The Hall–Kier alpha value is -1.48. The first kappa shape index (κ1) is 12.0. The molecule has 2 nitrogen and oxygen atoms in total. The second-order valence-corrected chi connectivity index (χ2v) is 5.10. The standard InChI is InChI=1S/C14H17NOS/c1-3-12(14-5-4-8-17-14)15-11-6-7-13(16)10(2)9-11/h4-9,12,15-16H,3H2,1-2H3. The topological polar surface area (TPSA) is 32.3 Å². The number of aromatic hydroxyl groups is 1. The predicted octanol–water partition coefficient (Wildman–Crippen LogP) is 4.33. The summed E-state index contributed by atoms with van der Waals surface area (Å²) in [5.41, 5.74) is 1.96. The lowest BCUT2D eigenvalue weighted by Gasteiger charge is -2.17. The highest BCUT2D eigenvalue weighted by Gasteiger charge is 2.10. The Balaban J connectivity index is 2.16. The lowest BCUT2D eigenvalue weighted by Crippen LogP contribution is -2.07. The Bertz CT molecular complexity index is 479. The molecular formula is C14H17NOS. The van der Waals surface area contributed by atoms with Crippen molar-refractivity contribution in [3.63, 3.8) is 0 Å². The van der Waals surface area contributed by atoms with Crippen LogP contribution < -0.4 is 5.32 Å². The molecule has 0 saturated carbocycles. The van der Waals surface area contributed by atoms with Crippen LogP contribution in [0.25, 0.3) is 0 Å². The highest BCUT2D eigenvalue weighted by Crippen LogP contribution is 2.28. The molecule has 2 N–H and O–H groups in total. The first-order valence-corrected chi connectivity index (χ1v) is 6.68. The molecule has 3 heteroatoms. The van der Waals surface area contributed by atoms with Gasteiger partial charge < -0.3 is 10.4 Å². The minimum absolute atomic E-state index is 0.346. The lowest BCUT2D eigenvalue weighted by atomic mass is 10.1. The average molecular weight is 247 g/mol. The molecule has 0 aliphatic heterocycles. The lowest BCUT2D eigenvalue weighted by molar-refractivity contribution is 0.471. The predicted molar refractivity (Wildman–Crippen MR) is 73.8 cm³/mol. The minimum Gasteiger partial charge on any atom is -0.508 e. The molecule has 1 aromatic carbocycles. The highest BCUT2D eigenvalue weighted by molar-refractivity contribution is 7.10. The first-order chi connectivity index (χ1) is 8.20. The normalized spacial score (nSPS) is 12.4. The maximum Gasteiger partial charge on any atom is 0.118 e. The van der Waals surface area contributed by atoms with Crippen LogP contribution in [-0.4, -0.2) is 5.11 Å². The molecule has 1 heterocycles. The van der Waals surface area contributed by atoms with E-state index in [9.17, 15) is 5.11 Å². The van der Waals surface area contributed by atoms with Gasteiger partial charge in [-0.05, 0) is 48.6 Å². The Morgan fingerprint density at radius 2 is 2.18 bits per heavy atom. The van der Waals surface area contributed by atoms with Crippen molar-refractivity contribution >= 4 is 17.0 Å². The van der Waals surface area contributed by atoms with Gasteiger partial charge in [0.2, 0.25) is 0 Å². The van der Waals surface area contributed by atoms with Crippen LogP contribution in [0, 0.1) is 6.92 Å². The van der Waals surface area contributed by atoms with E-state index in [0.717, 1.165) is 17.7 Å². The monoisotopic (exact) mass is 247 g/mol. The van der Waals surface area contributed by atoms with Crippen molar-refractivity contribution < 1.29 is 5.11 Å². The molecule has 0 amide bonds. The van der Waals surface area contributed by atoms with E-state index < -0.39 is 0 Å². The van der Waals surface area contributed by atoms with Crippen LogP contribution in [0.15, 0.2) is 35.7 Å². The molecule has 0 aliphatic rings. The van der Waals surface area contributed by atoms with Gasteiger partial charge in [-0.1, -0.05) is 13.0 Å². The number of aryl methyl sites for hydroxylation is 1. The van der Waals surface area contributed by atoms with Crippen LogP contribution in [0.5, 0.6) is 5.75 Å². The zero-order valence-corrected chi connectivity index (χ0v) is 10.9. The van der Waals surface area contributed by atoms with E-state index in [0.29, 0.717) is 11.8 Å². The summed E-state index contributed by atoms with van der Waals surface area (Å²) in [4.78, 5) is 1.35. The molecule has 0 saturated heterocycles. The van der Waals surface area contributed by atoms with Gasteiger partial charge in [-0.25, -0.2) is 0 Å². The minimum atomic E-state index is 0.346. The number of anilines is 1. The van der Waals surface area contributed by atoms with E-state index in [1.807, 2.05) is 19.1 Å². The van der Waals surface area contributed by atoms with E-state index >= 15 is 0 Å². The summed E-state index contributed by atoms with van der Waals surface area (Å²) < 4.78 is 0. The van der Waals surface area contributed by atoms with Gasteiger partial charge in [0.1, 0.15) is 5.75 Å². The Morgan fingerprint density at radius 1 is 1.35 bits per heavy atom. The number of benzene rings is 1. The van der Waals surface area contributed by atoms with Crippen LogP contribution in [0.4, 0.5) is 5.69 Å². The summed E-state index contributed by atoms with van der Waals surface area (Å²) in [7, 11) is 0. The van der Waals surface area contributed by atoms with Crippen LogP contribution >= 0.6 is 11.3 Å². The van der Waals surface area contributed by atoms with E-state index in [4.69, 9.17) is 0 Å². The van der Waals surface area contributed by atoms with Gasteiger partial charge in [-0.2, -0.15) is 0 Å². The summed E-state index contributed by atoms with van der Waals surface area (Å²) >= 11 is 1.77. The fourth-order valence-corrected chi connectivity index (χ4v) is 2.67. The molecule has 0 bridgehead atoms. The van der Waals surface area contributed by atoms with Crippen LogP contribution in [0.2, 0.25) is 0 Å². The van der Waals surface area contributed by atoms with Gasteiger partial charge in [0.05, 0.1) is 6.04 Å². The fourth-order valence-electron chi connectivity index (χ4n) is 1.81. The smallest absolute Gasteiger partial charge is 0.118 e. The maximum absolute atomic E-state index is 9.49. The molecule has 1 atom stereocenters. The summed E-state index contributed by atoms with van der Waals surface area (Å²) in [5.74, 6) is 0.347. The van der Waals surface area contributed by atoms with Crippen molar-refractivity contribution in [3.05, 3.63) is 46.2 Å². The van der Waals surface area contributed by atoms with Gasteiger partial charge in [0.25, 0.3) is 0 Å². The summed E-state index contributed by atoms with van der Waals surface area (Å²) in [5, 5.41) is 15.1. The number of thiophene rings is 1. The number of phenols is 1. The molecule has 0 aliphatic carbocycles. The van der Waals surface area contributed by atoms with E-state index in [-0.39, 0.29) is 0 Å². The molecule has 1 aromatic heterocycles. The number of hydrogen-bond acceptors (Lipinski definition) is 3. The molecule has 1 unspecified atom stereocenters. The molecular weight excluding hydrogens is 230 g/mol. The zero-order valence-electron chi connectivity index (χ0n) is 10.1. The Morgan fingerprint density at radius 3 is 2.76 bits per heavy atom. The van der Waals surface area contributed by atoms with Crippen LogP contribution in [0.3, 0.4) is 0 Å². The molecule has 90 valence electrons. The third-order valence-corrected chi connectivity index (χ3v) is 3.82. The fraction of sp³-hybridized carbons (Fsp3) is 0.286. The zero-order chi connectivity index (χ0) is 12.3.